The monoisotopic (exact) mass is 317 g/mol. The summed E-state index contributed by atoms with van der Waals surface area (Å²) in [6.07, 6.45) is 4.61. The van der Waals surface area contributed by atoms with Crippen LogP contribution in [0.15, 0.2) is 36.1 Å². The summed E-state index contributed by atoms with van der Waals surface area (Å²) in [5.74, 6) is 0.463. The molecule has 3 rings (SSSR count). The van der Waals surface area contributed by atoms with E-state index in [9.17, 15) is 4.79 Å². The molecule has 5 nitrogen and oxygen atoms in total. The zero-order chi connectivity index (χ0) is 15.2. The average Bonchev–Trinajstić information content (AvgIpc) is 2.93. The highest BCUT2D eigenvalue weighted by Crippen LogP contribution is 2.15. The van der Waals surface area contributed by atoms with Crippen molar-refractivity contribution in [1.29, 1.82) is 0 Å². The quantitative estimate of drug-likeness (QED) is 0.863. The molecule has 1 atom stereocenters. The smallest absolute Gasteiger partial charge is 0.227 e. The van der Waals surface area contributed by atoms with Crippen LogP contribution in [0.3, 0.4) is 0 Å². The van der Waals surface area contributed by atoms with Gasteiger partial charge in [-0.1, -0.05) is 6.07 Å². The lowest BCUT2D eigenvalue weighted by molar-refractivity contribution is -0.130. The van der Waals surface area contributed by atoms with Crippen molar-refractivity contribution < 1.29 is 9.53 Å². The highest BCUT2D eigenvalue weighted by Gasteiger charge is 2.23. The Balaban J connectivity index is 1.61. The van der Waals surface area contributed by atoms with Gasteiger partial charge in [-0.25, -0.2) is 9.97 Å². The van der Waals surface area contributed by atoms with Crippen LogP contribution in [0.4, 0.5) is 0 Å². The molecule has 1 aliphatic heterocycles. The van der Waals surface area contributed by atoms with Gasteiger partial charge >= 0.3 is 0 Å². The van der Waals surface area contributed by atoms with Gasteiger partial charge in [0, 0.05) is 35.8 Å². The molecule has 1 aliphatic rings. The van der Waals surface area contributed by atoms with E-state index in [1.54, 1.807) is 23.9 Å². The number of hydrogen-bond donors (Lipinski definition) is 0. The van der Waals surface area contributed by atoms with E-state index in [1.165, 1.54) is 0 Å². The number of aromatic nitrogens is 2. The number of thiophene rings is 1. The third-order valence-corrected chi connectivity index (χ3v) is 4.61. The highest BCUT2D eigenvalue weighted by molar-refractivity contribution is 7.10. The van der Waals surface area contributed by atoms with Gasteiger partial charge in [-0.2, -0.15) is 0 Å². The SMILES string of the molecule is O=C(Cc1cccs1)N1CCOC[C@@H](Cc2ccncn2)C1. The van der Waals surface area contributed by atoms with Crippen molar-refractivity contribution in [3.8, 4) is 0 Å². The van der Waals surface area contributed by atoms with Gasteiger partial charge in [-0.3, -0.25) is 4.79 Å². The lowest BCUT2D eigenvalue weighted by atomic mass is 10.0. The summed E-state index contributed by atoms with van der Waals surface area (Å²) in [4.78, 5) is 23.7. The molecule has 6 heteroatoms. The molecule has 0 bridgehead atoms. The maximum atomic E-state index is 12.5. The Morgan fingerprint density at radius 1 is 1.45 bits per heavy atom. The number of ether oxygens (including phenoxy) is 1. The van der Waals surface area contributed by atoms with Gasteiger partial charge in [0.1, 0.15) is 6.33 Å². The summed E-state index contributed by atoms with van der Waals surface area (Å²) in [5.41, 5.74) is 0.996. The molecule has 2 aromatic heterocycles. The molecule has 116 valence electrons. The predicted octanol–water partition coefficient (Wildman–Crippen LogP) is 1.80. The van der Waals surface area contributed by atoms with Crippen molar-refractivity contribution in [3.63, 3.8) is 0 Å². The van der Waals surface area contributed by atoms with Gasteiger partial charge in [0.25, 0.3) is 0 Å². The fraction of sp³-hybridized carbons (Fsp3) is 0.438. The molecule has 0 aliphatic carbocycles. The Hall–Kier alpha value is -1.79. The summed E-state index contributed by atoms with van der Waals surface area (Å²) in [6.45, 7) is 2.68. The molecule has 0 aromatic carbocycles. The normalized spacial score (nSPS) is 18.9. The zero-order valence-electron chi connectivity index (χ0n) is 12.4. The van der Waals surface area contributed by atoms with Crippen molar-refractivity contribution in [3.05, 3.63) is 46.7 Å². The highest BCUT2D eigenvalue weighted by atomic mass is 32.1. The van der Waals surface area contributed by atoms with Crippen LogP contribution in [0.25, 0.3) is 0 Å². The molecule has 0 radical (unpaired) electrons. The van der Waals surface area contributed by atoms with E-state index in [0.717, 1.165) is 23.5 Å². The maximum Gasteiger partial charge on any atom is 0.227 e. The molecule has 1 amide bonds. The standard InChI is InChI=1S/C16H19N3O2S/c20-16(9-15-2-1-7-22-15)19-5-6-21-11-13(10-19)8-14-3-4-17-12-18-14/h1-4,7,12-13H,5-6,8-11H2/t13-/m0/s1. The van der Waals surface area contributed by atoms with Gasteiger partial charge in [0.2, 0.25) is 5.91 Å². The van der Waals surface area contributed by atoms with Gasteiger partial charge in [-0.15, -0.1) is 11.3 Å². The van der Waals surface area contributed by atoms with Crippen molar-refractivity contribution in [2.24, 2.45) is 5.92 Å². The lowest BCUT2D eigenvalue weighted by Crippen LogP contribution is -2.37. The van der Waals surface area contributed by atoms with E-state index >= 15 is 0 Å². The van der Waals surface area contributed by atoms with E-state index in [2.05, 4.69) is 9.97 Å². The van der Waals surface area contributed by atoms with Crippen LogP contribution < -0.4 is 0 Å². The van der Waals surface area contributed by atoms with Crippen LogP contribution in [0.2, 0.25) is 0 Å². The van der Waals surface area contributed by atoms with E-state index in [0.29, 0.717) is 26.2 Å². The first-order valence-electron chi connectivity index (χ1n) is 7.44. The molecule has 1 saturated heterocycles. The first-order chi connectivity index (χ1) is 10.8. The fourth-order valence-electron chi connectivity index (χ4n) is 2.64. The minimum Gasteiger partial charge on any atom is -0.379 e. The van der Waals surface area contributed by atoms with Crippen LogP contribution >= 0.6 is 11.3 Å². The number of hydrogen-bond acceptors (Lipinski definition) is 5. The zero-order valence-corrected chi connectivity index (χ0v) is 13.2. The van der Waals surface area contributed by atoms with Gasteiger partial charge in [-0.05, 0) is 23.9 Å². The van der Waals surface area contributed by atoms with E-state index in [4.69, 9.17) is 4.74 Å². The fourth-order valence-corrected chi connectivity index (χ4v) is 3.33. The molecule has 22 heavy (non-hydrogen) atoms. The molecule has 0 spiro atoms. The Morgan fingerprint density at radius 2 is 2.41 bits per heavy atom. The van der Waals surface area contributed by atoms with E-state index in [-0.39, 0.29) is 11.8 Å². The third kappa shape index (κ3) is 4.11. The molecule has 0 saturated carbocycles. The molecular formula is C16H19N3O2S. The number of carbonyl (C=O) groups excluding carboxylic acids is 1. The van der Waals surface area contributed by atoms with Gasteiger partial charge in [0.05, 0.1) is 19.6 Å². The van der Waals surface area contributed by atoms with E-state index in [1.807, 2.05) is 28.5 Å². The largest absolute Gasteiger partial charge is 0.379 e. The summed E-state index contributed by atoms with van der Waals surface area (Å²) in [7, 11) is 0. The minimum absolute atomic E-state index is 0.181. The first-order valence-corrected chi connectivity index (χ1v) is 8.32. The van der Waals surface area contributed by atoms with Gasteiger partial charge < -0.3 is 9.64 Å². The average molecular weight is 317 g/mol. The number of nitrogens with zero attached hydrogens (tertiary/aromatic N) is 3. The lowest BCUT2D eigenvalue weighted by Gasteiger charge is -2.23. The van der Waals surface area contributed by atoms with Crippen LogP contribution in [-0.4, -0.2) is 47.1 Å². The molecule has 0 unspecified atom stereocenters. The van der Waals surface area contributed by atoms with Crippen molar-refractivity contribution in [2.45, 2.75) is 12.8 Å². The van der Waals surface area contributed by atoms with Crippen molar-refractivity contribution in [2.75, 3.05) is 26.3 Å². The molecule has 2 aromatic rings. The summed E-state index contributed by atoms with van der Waals surface area (Å²) < 4.78 is 5.66. The molecule has 0 N–H and O–H groups in total. The predicted molar refractivity (Wildman–Crippen MR) is 84.6 cm³/mol. The van der Waals surface area contributed by atoms with Crippen molar-refractivity contribution in [1.82, 2.24) is 14.9 Å². The van der Waals surface area contributed by atoms with Crippen LogP contribution in [0.5, 0.6) is 0 Å². The van der Waals surface area contributed by atoms with E-state index < -0.39 is 0 Å². The number of carbonyl (C=O) groups is 1. The second kappa shape index (κ2) is 7.47. The number of amides is 1. The maximum absolute atomic E-state index is 12.5. The van der Waals surface area contributed by atoms with Crippen LogP contribution in [-0.2, 0) is 22.4 Å². The Bertz CT molecular complexity index is 589. The van der Waals surface area contributed by atoms with Gasteiger partial charge in [0.15, 0.2) is 0 Å². The molecule has 3 heterocycles. The molecule has 1 fully saturated rings. The van der Waals surface area contributed by atoms with Crippen LogP contribution in [0, 0.1) is 5.92 Å². The summed E-state index contributed by atoms with van der Waals surface area (Å²) in [5, 5.41) is 2.01. The Kier molecular flexibility index (Phi) is 5.13. The molecular weight excluding hydrogens is 298 g/mol. The Morgan fingerprint density at radius 3 is 3.18 bits per heavy atom. The minimum atomic E-state index is 0.181. The second-order valence-corrected chi connectivity index (χ2v) is 6.47. The topological polar surface area (TPSA) is 55.3 Å². The Labute approximate surface area is 134 Å². The summed E-state index contributed by atoms with van der Waals surface area (Å²) in [6, 6.07) is 5.91. The van der Waals surface area contributed by atoms with Crippen LogP contribution in [0.1, 0.15) is 10.6 Å². The van der Waals surface area contributed by atoms with Crippen molar-refractivity contribution >= 4 is 17.2 Å². The first kappa shape index (κ1) is 15.1. The summed E-state index contributed by atoms with van der Waals surface area (Å²) >= 11 is 1.63. The third-order valence-electron chi connectivity index (χ3n) is 3.74. The second-order valence-electron chi connectivity index (χ2n) is 5.44. The number of rotatable bonds is 4.